The number of hydrogen-bond donors (Lipinski definition) is 2. The summed E-state index contributed by atoms with van der Waals surface area (Å²) in [5.74, 6) is -0.0406. The zero-order valence-corrected chi connectivity index (χ0v) is 14.2. The van der Waals surface area contributed by atoms with Crippen LogP contribution in [0.4, 0.5) is 10.3 Å². The number of nitrogens with zero attached hydrogens (tertiary/aromatic N) is 4. The third-order valence-corrected chi connectivity index (χ3v) is 4.15. The van der Waals surface area contributed by atoms with Crippen LogP contribution >= 0.6 is 0 Å². The Morgan fingerprint density at radius 1 is 1.32 bits per heavy atom. The summed E-state index contributed by atoms with van der Waals surface area (Å²) in [5.41, 5.74) is 8.24. The number of amides is 1. The largest absolute Gasteiger partial charge is 0.366 e. The van der Waals surface area contributed by atoms with Gasteiger partial charge in [0.2, 0.25) is 11.9 Å². The van der Waals surface area contributed by atoms with E-state index in [4.69, 9.17) is 5.73 Å². The zero-order chi connectivity index (χ0) is 18.1. The maximum Gasteiger partial charge on any atom is 0.254 e. The van der Waals surface area contributed by atoms with Gasteiger partial charge in [0.1, 0.15) is 5.82 Å². The molecule has 0 aliphatic rings. The molecule has 1 amide bonds. The monoisotopic (exact) mass is 342 g/mol. The number of carbonyl (C=O) groups is 1. The minimum Gasteiger partial charge on any atom is -0.366 e. The van der Waals surface area contributed by atoms with Crippen molar-refractivity contribution >= 4 is 17.6 Å². The molecule has 1 atom stereocenters. The SMILES string of the molecule is Cc1nc2nc(N)nn2c(C)c1CC(=O)NC(C)c1ccccc1F. The van der Waals surface area contributed by atoms with Gasteiger partial charge in [0.15, 0.2) is 0 Å². The summed E-state index contributed by atoms with van der Waals surface area (Å²) in [6.07, 6.45) is 0.110. The zero-order valence-electron chi connectivity index (χ0n) is 14.2. The van der Waals surface area contributed by atoms with Crippen LogP contribution in [0.5, 0.6) is 0 Å². The first kappa shape index (κ1) is 16.8. The Balaban J connectivity index is 1.81. The maximum atomic E-state index is 13.8. The van der Waals surface area contributed by atoms with Gasteiger partial charge in [-0.25, -0.2) is 9.37 Å². The number of nitrogens with two attached hydrogens (primary N) is 1. The normalized spacial score (nSPS) is 12.3. The minimum absolute atomic E-state index is 0.110. The van der Waals surface area contributed by atoms with Crippen molar-refractivity contribution in [1.82, 2.24) is 24.9 Å². The van der Waals surface area contributed by atoms with E-state index in [1.165, 1.54) is 10.6 Å². The molecule has 8 heteroatoms. The Bertz CT molecular complexity index is 952. The van der Waals surface area contributed by atoms with Crippen molar-refractivity contribution in [3.8, 4) is 0 Å². The van der Waals surface area contributed by atoms with Gasteiger partial charge in [-0.2, -0.15) is 9.50 Å². The summed E-state index contributed by atoms with van der Waals surface area (Å²) in [7, 11) is 0. The fraction of sp³-hybridized carbons (Fsp3) is 0.294. The number of carbonyl (C=O) groups excluding carboxylic acids is 1. The van der Waals surface area contributed by atoms with Crippen molar-refractivity contribution in [2.75, 3.05) is 5.73 Å². The number of rotatable bonds is 4. The Kier molecular flexibility index (Phi) is 4.35. The molecule has 3 N–H and O–H groups in total. The minimum atomic E-state index is -0.437. The fourth-order valence-corrected chi connectivity index (χ4v) is 2.84. The topological polar surface area (TPSA) is 98.2 Å². The molecule has 0 saturated heterocycles. The van der Waals surface area contributed by atoms with Gasteiger partial charge in [-0.15, -0.1) is 5.10 Å². The van der Waals surface area contributed by atoms with E-state index in [1.54, 1.807) is 32.0 Å². The Labute approximate surface area is 144 Å². The molecule has 7 nitrogen and oxygen atoms in total. The van der Waals surface area contributed by atoms with E-state index in [0.717, 1.165) is 11.3 Å². The maximum absolute atomic E-state index is 13.8. The lowest BCUT2D eigenvalue weighted by Crippen LogP contribution is -2.29. The molecule has 3 rings (SSSR count). The van der Waals surface area contributed by atoms with Gasteiger partial charge >= 0.3 is 0 Å². The van der Waals surface area contributed by atoms with Crippen molar-refractivity contribution in [3.63, 3.8) is 0 Å². The van der Waals surface area contributed by atoms with Crippen LogP contribution in [0.2, 0.25) is 0 Å². The number of aryl methyl sites for hydroxylation is 2. The molecule has 2 heterocycles. The number of benzene rings is 1. The summed E-state index contributed by atoms with van der Waals surface area (Å²) in [5, 5.41) is 6.90. The highest BCUT2D eigenvalue weighted by molar-refractivity contribution is 5.79. The van der Waals surface area contributed by atoms with Crippen molar-refractivity contribution in [2.24, 2.45) is 0 Å². The van der Waals surface area contributed by atoms with Crippen LogP contribution in [0.1, 0.15) is 35.5 Å². The second kappa shape index (κ2) is 6.46. The van der Waals surface area contributed by atoms with Crippen LogP contribution in [0.3, 0.4) is 0 Å². The molecule has 1 unspecified atom stereocenters. The standard InChI is InChI=1S/C17H19FN6O/c1-9(12-6-4-5-7-14(12)18)20-15(25)8-13-10(2)21-17-22-16(19)23-24(17)11(13)3/h4-7,9H,8H2,1-3H3,(H2,19,23)(H,20,25). The highest BCUT2D eigenvalue weighted by Gasteiger charge is 2.18. The van der Waals surface area contributed by atoms with Crippen LogP contribution in [0.25, 0.3) is 5.78 Å². The molecule has 0 spiro atoms. The highest BCUT2D eigenvalue weighted by Crippen LogP contribution is 2.18. The molecule has 25 heavy (non-hydrogen) atoms. The molecule has 0 bridgehead atoms. The first-order valence-corrected chi connectivity index (χ1v) is 7.89. The number of anilines is 1. The summed E-state index contributed by atoms with van der Waals surface area (Å²) < 4.78 is 15.3. The lowest BCUT2D eigenvalue weighted by Gasteiger charge is -2.16. The molecule has 0 fully saturated rings. The fourth-order valence-electron chi connectivity index (χ4n) is 2.84. The van der Waals surface area contributed by atoms with Crippen LogP contribution in [-0.4, -0.2) is 25.5 Å². The quantitative estimate of drug-likeness (QED) is 0.754. The third-order valence-electron chi connectivity index (χ3n) is 4.15. The molecular formula is C17H19FN6O. The average Bonchev–Trinajstić information content (AvgIpc) is 2.92. The van der Waals surface area contributed by atoms with Gasteiger partial charge < -0.3 is 11.1 Å². The van der Waals surface area contributed by atoms with Crippen molar-refractivity contribution in [2.45, 2.75) is 33.2 Å². The smallest absolute Gasteiger partial charge is 0.254 e. The number of aromatic nitrogens is 4. The highest BCUT2D eigenvalue weighted by atomic mass is 19.1. The second-order valence-electron chi connectivity index (χ2n) is 5.93. The molecule has 0 radical (unpaired) electrons. The van der Waals surface area contributed by atoms with Crippen molar-refractivity contribution in [1.29, 1.82) is 0 Å². The van der Waals surface area contributed by atoms with Gasteiger partial charge in [-0.1, -0.05) is 18.2 Å². The summed E-state index contributed by atoms with van der Waals surface area (Å²) in [6, 6.07) is 5.95. The van der Waals surface area contributed by atoms with Crippen molar-refractivity contribution in [3.05, 3.63) is 52.6 Å². The summed E-state index contributed by atoms with van der Waals surface area (Å²) in [6.45, 7) is 5.38. The van der Waals surface area contributed by atoms with Gasteiger partial charge in [0, 0.05) is 22.5 Å². The van der Waals surface area contributed by atoms with E-state index in [9.17, 15) is 9.18 Å². The predicted molar refractivity (Wildman–Crippen MR) is 91.3 cm³/mol. The van der Waals surface area contributed by atoms with Gasteiger partial charge in [0.25, 0.3) is 5.78 Å². The molecule has 130 valence electrons. The molecule has 2 aromatic heterocycles. The molecular weight excluding hydrogens is 323 g/mol. The van der Waals surface area contributed by atoms with Gasteiger partial charge in [-0.05, 0) is 26.8 Å². The summed E-state index contributed by atoms with van der Waals surface area (Å²) >= 11 is 0. The summed E-state index contributed by atoms with van der Waals surface area (Å²) in [4.78, 5) is 20.8. The number of hydrogen-bond acceptors (Lipinski definition) is 5. The van der Waals surface area contributed by atoms with E-state index >= 15 is 0 Å². The average molecular weight is 342 g/mol. The van der Waals surface area contributed by atoms with E-state index in [1.807, 2.05) is 6.92 Å². The lowest BCUT2D eigenvalue weighted by atomic mass is 10.1. The third kappa shape index (κ3) is 3.28. The molecule has 0 aliphatic carbocycles. The van der Waals surface area contributed by atoms with Crippen LogP contribution < -0.4 is 11.1 Å². The Hall–Kier alpha value is -3.03. The van der Waals surface area contributed by atoms with E-state index < -0.39 is 6.04 Å². The lowest BCUT2D eigenvalue weighted by molar-refractivity contribution is -0.121. The number of halogens is 1. The molecule has 3 aromatic rings. The number of nitrogen functional groups attached to an aromatic ring is 1. The van der Waals surface area contributed by atoms with Crippen LogP contribution in [0, 0.1) is 19.7 Å². The molecule has 0 aliphatic heterocycles. The molecule has 1 aromatic carbocycles. The number of nitrogens with one attached hydrogen (secondary N) is 1. The van der Waals surface area contributed by atoms with Crippen molar-refractivity contribution < 1.29 is 9.18 Å². The van der Waals surface area contributed by atoms with Gasteiger partial charge in [-0.3, -0.25) is 4.79 Å². The first-order chi connectivity index (χ1) is 11.9. The van der Waals surface area contributed by atoms with Crippen LogP contribution in [-0.2, 0) is 11.2 Å². The van der Waals surface area contributed by atoms with E-state index in [0.29, 0.717) is 17.0 Å². The van der Waals surface area contributed by atoms with Gasteiger partial charge in [0.05, 0.1) is 12.5 Å². The van der Waals surface area contributed by atoms with E-state index in [2.05, 4.69) is 20.4 Å². The Morgan fingerprint density at radius 3 is 2.76 bits per heavy atom. The second-order valence-corrected chi connectivity index (χ2v) is 5.93. The first-order valence-electron chi connectivity index (χ1n) is 7.89. The van der Waals surface area contributed by atoms with E-state index in [-0.39, 0.29) is 24.1 Å². The van der Waals surface area contributed by atoms with Crippen LogP contribution in [0.15, 0.2) is 24.3 Å². The Morgan fingerprint density at radius 2 is 2.04 bits per heavy atom. The number of fused-ring (bicyclic) bond motifs is 1. The predicted octanol–water partition coefficient (Wildman–Crippen LogP) is 1.88. The molecule has 0 saturated carbocycles.